The molecule has 0 radical (unpaired) electrons. The van der Waals surface area contributed by atoms with Crippen LogP contribution >= 0.6 is 28.1 Å². The summed E-state index contributed by atoms with van der Waals surface area (Å²) in [6, 6.07) is 3.88. The monoisotopic (exact) mass is 374 g/mol. The Hall–Kier alpha value is -0.660. The SMILES string of the molecule is Cc1cc(Br)cc(C)c1N1C(=S)NC2CS(=O)(=O)CC21. The van der Waals surface area contributed by atoms with Gasteiger partial charge in [0.15, 0.2) is 14.9 Å². The first-order chi connectivity index (χ1) is 9.28. The van der Waals surface area contributed by atoms with Crippen LogP contribution in [0.2, 0.25) is 0 Å². The summed E-state index contributed by atoms with van der Waals surface area (Å²) < 4.78 is 24.7. The van der Waals surface area contributed by atoms with E-state index in [0.717, 1.165) is 21.3 Å². The molecular weight excluding hydrogens is 360 g/mol. The van der Waals surface area contributed by atoms with Crippen LogP contribution in [-0.2, 0) is 9.84 Å². The van der Waals surface area contributed by atoms with Crippen molar-refractivity contribution < 1.29 is 8.42 Å². The number of anilines is 1. The molecule has 7 heteroatoms. The molecule has 0 bridgehead atoms. The third-order valence-corrected chi connectivity index (χ3v) is 6.37. The lowest BCUT2D eigenvalue weighted by molar-refractivity contribution is 0.600. The van der Waals surface area contributed by atoms with Crippen LogP contribution in [0.4, 0.5) is 5.69 Å². The first-order valence-corrected chi connectivity index (χ1v) is 9.38. The minimum absolute atomic E-state index is 0.0880. The van der Waals surface area contributed by atoms with Gasteiger partial charge in [0.1, 0.15) is 0 Å². The molecule has 1 aromatic rings. The average molecular weight is 375 g/mol. The van der Waals surface area contributed by atoms with Crippen LogP contribution in [0.1, 0.15) is 11.1 Å². The van der Waals surface area contributed by atoms with Crippen molar-refractivity contribution in [2.75, 3.05) is 16.4 Å². The standard InChI is InChI=1S/C13H15BrN2O2S2/c1-7-3-9(14)4-8(2)12(7)16-11-6-20(17,18)5-10(11)15-13(16)19/h3-4,10-11H,5-6H2,1-2H3,(H,15,19). The summed E-state index contributed by atoms with van der Waals surface area (Å²) in [5.41, 5.74) is 3.20. The zero-order valence-corrected chi connectivity index (χ0v) is 14.4. The molecule has 0 aromatic heterocycles. The van der Waals surface area contributed by atoms with Gasteiger partial charge >= 0.3 is 0 Å². The molecule has 20 heavy (non-hydrogen) atoms. The summed E-state index contributed by atoms with van der Waals surface area (Å²) >= 11 is 8.89. The third kappa shape index (κ3) is 2.25. The Morgan fingerprint density at radius 1 is 1.30 bits per heavy atom. The quantitative estimate of drug-likeness (QED) is 0.761. The number of nitrogens with zero attached hydrogens (tertiary/aromatic N) is 1. The molecule has 2 saturated heterocycles. The second kappa shape index (κ2) is 4.68. The van der Waals surface area contributed by atoms with E-state index in [0.29, 0.717) is 5.11 Å². The maximum Gasteiger partial charge on any atom is 0.174 e. The lowest BCUT2D eigenvalue weighted by Crippen LogP contribution is -2.37. The van der Waals surface area contributed by atoms with Gasteiger partial charge in [0.2, 0.25) is 0 Å². The Bertz CT molecular complexity index is 679. The highest BCUT2D eigenvalue weighted by molar-refractivity contribution is 9.10. The number of rotatable bonds is 1. The molecule has 2 atom stereocenters. The van der Waals surface area contributed by atoms with Crippen molar-refractivity contribution in [3.05, 3.63) is 27.7 Å². The Labute approximate surface area is 132 Å². The minimum Gasteiger partial charge on any atom is -0.356 e. The van der Waals surface area contributed by atoms with Gasteiger partial charge in [0.05, 0.1) is 23.6 Å². The van der Waals surface area contributed by atoms with E-state index in [1.54, 1.807) is 0 Å². The van der Waals surface area contributed by atoms with Crippen LogP contribution in [-0.4, -0.2) is 37.1 Å². The van der Waals surface area contributed by atoms with Gasteiger partial charge in [0.25, 0.3) is 0 Å². The van der Waals surface area contributed by atoms with Crippen LogP contribution in [0.5, 0.6) is 0 Å². The van der Waals surface area contributed by atoms with Crippen molar-refractivity contribution in [1.29, 1.82) is 0 Å². The Morgan fingerprint density at radius 2 is 1.90 bits per heavy atom. The summed E-state index contributed by atoms with van der Waals surface area (Å²) in [6.07, 6.45) is 0. The van der Waals surface area contributed by atoms with E-state index >= 15 is 0 Å². The number of benzene rings is 1. The average Bonchev–Trinajstić information content (AvgIpc) is 2.70. The number of sulfone groups is 1. The molecule has 2 aliphatic rings. The van der Waals surface area contributed by atoms with Gasteiger partial charge in [-0.25, -0.2) is 8.42 Å². The van der Waals surface area contributed by atoms with Gasteiger partial charge in [-0.3, -0.25) is 0 Å². The van der Waals surface area contributed by atoms with Crippen molar-refractivity contribution in [2.24, 2.45) is 0 Å². The molecule has 2 aliphatic heterocycles. The topological polar surface area (TPSA) is 49.4 Å². The lowest BCUT2D eigenvalue weighted by Gasteiger charge is -2.27. The number of hydrogen-bond donors (Lipinski definition) is 1. The number of halogens is 1. The molecule has 0 aliphatic carbocycles. The van der Waals surface area contributed by atoms with Gasteiger partial charge in [-0.05, 0) is 49.3 Å². The number of thiocarbonyl (C=S) groups is 1. The van der Waals surface area contributed by atoms with Gasteiger partial charge in [-0.1, -0.05) is 15.9 Å². The molecule has 4 nitrogen and oxygen atoms in total. The minimum atomic E-state index is -2.98. The van der Waals surface area contributed by atoms with Crippen LogP contribution in [0.25, 0.3) is 0 Å². The highest BCUT2D eigenvalue weighted by atomic mass is 79.9. The fourth-order valence-electron chi connectivity index (χ4n) is 3.15. The molecule has 0 amide bonds. The number of fused-ring (bicyclic) bond motifs is 1. The Kier molecular flexibility index (Phi) is 3.34. The molecule has 1 N–H and O–H groups in total. The van der Waals surface area contributed by atoms with Gasteiger partial charge in [0, 0.05) is 10.2 Å². The van der Waals surface area contributed by atoms with E-state index in [9.17, 15) is 8.42 Å². The number of nitrogens with one attached hydrogen (secondary N) is 1. The second-order valence-electron chi connectivity index (χ2n) is 5.46. The Balaban J connectivity index is 2.08. The molecule has 2 heterocycles. The van der Waals surface area contributed by atoms with E-state index in [1.165, 1.54) is 0 Å². The molecule has 1 aromatic carbocycles. The summed E-state index contributed by atoms with van der Waals surface area (Å²) in [6.45, 7) is 4.04. The van der Waals surface area contributed by atoms with Gasteiger partial charge in [-0.2, -0.15) is 0 Å². The van der Waals surface area contributed by atoms with Crippen molar-refractivity contribution in [2.45, 2.75) is 25.9 Å². The van der Waals surface area contributed by atoms with E-state index < -0.39 is 9.84 Å². The lowest BCUT2D eigenvalue weighted by atomic mass is 10.1. The first-order valence-electron chi connectivity index (χ1n) is 6.35. The van der Waals surface area contributed by atoms with Crippen molar-refractivity contribution in [3.8, 4) is 0 Å². The van der Waals surface area contributed by atoms with Crippen molar-refractivity contribution in [3.63, 3.8) is 0 Å². The number of hydrogen-bond acceptors (Lipinski definition) is 3. The van der Waals surface area contributed by atoms with Crippen LogP contribution in [0.3, 0.4) is 0 Å². The molecule has 0 spiro atoms. The number of aryl methyl sites for hydroxylation is 2. The predicted octanol–water partition coefficient (Wildman–Crippen LogP) is 1.93. The van der Waals surface area contributed by atoms with Crippen LogP contribution in [0, 0.1) is 13.8 Å². The van der Waals surface area contributed by atoms with E-state index in [-0.39, 0.29) is 23.6 Å². The van der Waals surface area contributed by atoms with Crippen LogP contribution < -0.4 is 10.2 Å². The fourth-order valence-corrected chi connectivity index (χ4v) is 6.11. The highest BCUT2D eigenvalue weighted by Gasteiger charge is 2.48. The van der Waals surface area contributed by atoms with Crippen LogP contribution in [0.15, 0.2) is 16.6 Å². The van der Waals surface area contributed by atoms with E-state index in [2.05, 4.69) is 21.2 Å². The summed E-state index contributed by atoms with van der Waals surface area (Å²) in [5.74, 6) is 0.336. The third-order valence-electron chi connectivity index (χ3n) is 3.88. The first kappa shape index (κ1) is 14.3. The molecule has 0 saturated carbocycles. The zero-order valence-electron chi connectivity index (χ0n) is 11.2. The normalized spacial score (nSPS) is 27.6. The Morgan fingerprint density at radius 3 is 2.50 bits per heavy atom. The molecule has 3 rings (SSSR count). The summed E-state index contributed by atoms with van der Waals surface area (Å²) in [4.78, 5) is 1.99. The molecule has 108 valence electrons. The van der Waals surface area contributed by atoms with Crippen molar-refractivity contribution >= 4 is 48.8 Å². The highest BCUT2D eigenvalue weighted by Crippen LogP contribution is 2.35. The maximum absolute atomic E-state index is 11.8. The largest absolute Gasteiger partial charge is 0.356 e. The summed E-state index contributed by atoms with van der Waals surface area (Å²) in [5, 5.41) is 3.78. The smallest absolute Gasteiger partial charge is 0.174 e. The van der Waals surface area contributed by atoms with E-state index in [1.807, 2.05) is 30.9 Å². The summed E-state index contributed by atoms with van der Waals surface area (Å²) in [7, 11) is -2.98. The molecule has 2 unspecified atom stereocenters. The van der Waals surface area contributed by atoms with Gasteiger partial charge in [-0.15, -0.1) is 0 Å². The molecule has 2 fully saturated rings. The predicted molar refractivity (Wildman–Crippen MR) is 88.1 cm³/mol. The maximum atomic E-state index is 11.8. The second-order valence-corrected chi connectivity index (χ2v) is 8.91. The fraction of sp³-hybridized carbons (Fsp3) is 0.462. The van der Waals surface area contributed by atoms with Crippen molar-refractivity contribution in [1.82, 2.24) is 5.32 Å². The molecular formula is C13H15BrN2O2S2. The van der Waals surface area contributed by atoms with E-state index in [4.69, 9.17) is 12.2 Å². The van der Waals surface area contributed by atoms with Gasteiger partial charge < -0.3 is 10.2 Å². The zero-order chi connectivity index (χ0) is 14.7.